The molecule has 0 atom stereocenters. The van der Waals surface area contributed by atoms with Gasteiger partial charge < -0.3 is 19.8 Å². The lowest BCUT2D eigenvalue weighted by Crippen LogP contribution is -2.22. The Kier molecular flexibility index (Phi) is 5.34. The van der Waals surface area contributed by atoms with E-state index in [0.29, 0.717) is 23.5 Å². The van der Waals surface area contributed by atoms with E-state index >= 15 is 0 Å². The van der Waals surface area contributed by atoms with Gasteiger partial charge >= 0.3 is 0 Å². The van der Waals surface area contributed by atoms with Crippen LogP contribution in [0.4, 0.5) is 5.69 Å². The van der Waals surface area contributed by atoms with Crippen LogP contribution in [-0.4, -0.2) is 18.9 Å². The largest absolute Gasteiger partial charge is 0.497 e. The van der Waals surface area contributed by atoms with Crippen LogP contribution in [0, 0.1) is 0 Å². The maximum atomic E-state index is 12.3. The first kappa shape index (κ1) is 17.3. The zero-order chi connectivity index (χ0) is 18.4. The summed E-state index contributed by atoms with van der Waals surface area (Å²) in [4.78, 5) is 24.3. The highest BCUT2D eigenvalue weighted by Gasteiger charge is 2.10. The minimum atomic E-state index is -0.326. The second kappa shape index (κ2) is 8.02. The lowest BCUT2D eigenvalue weighted by atomic mass is 10.1. The normalized spacial score (nSPS) is 10.2. The van der Waals surface area contributed by atoms with Gasteiger partial charge in [-0.25, -0.2) is 0 Å². The highest BCUT2D eigenvalue weighted by molar-refractivity contribution is 6.02. The van der Waals surface area contributed by atoms with Crippen LogP contribution in [0.5, 0.6) is 5.75 Å². The van der Waals surface area contributed by atoms with Gasteiger partial charge in [-0.1, -0.05) is 18.2 Å². The molecule has 132 valence electrons. The molecule has 0 aliphatic rings. The van der Waals surface area contributed by atoms with Crippen molar-refractivity contribution in [3.8, 4) is 5.75 Å². The van der Waals surface area contributed by atoms with E-state index in [1.807, 2.05) is 12.1 Å². The predicted molar refractivity (Wildman–Crippen MR) is 97.3 cm³/mol. The molecule has 2 N–H and O–H groups in total. The number of furan rings is 1. The Morgan fingerprint density at radius 2 is 1.85 bits per heavy atom. The maximum absolute atomic E-state index is 12.3. The molecule has 1 heterocycles. The highest BCUT2D eigenvalue weighted by atomic mass is 16.5. The molecule has 6 nitrogen and oxygen atoms in total. The van der Waals surface area contributed by atoms with Gasteiger partial charge in [-0.05, 0) is 48.0 Å². The summed E-state index contributed by atoms with van der Waals surface area (Å²) in [5, 5.41) is 5.61. The Morgan fingerprint density at radius 1 is 1.00 bits per heavy atom. The fourth-order valence-electron chi connectivity index (χ4n) is 2.41. The number of anilines is 1. The van der Waals surface area contributed by atoms with Gasteiger partial charge in [0.25, 0.3) is 11.8 Å². The molecule has 26 heavy (non-hydrogen) atoms. The molecule has 0 radical (unpaired) electrons. The molecule has 0 aliphatic heterocycles. The number of nitrogens with one attached hydrogen (secondary N) is 2. The molecule has 0 unspecified atom stereocenters. The van der Waals surface area contributed by atoms with Crippen LogP contribution in [-0.2, 0) is 6.54 Å². The van der Waals surface area contributed by atoms with E-state index in [-0.39, 0.29) is 17.6 Å². The van der Waals surface area contributed by atoms with Crippen LogP contribution in [0.1, 0.15) is 26.5 Å². The third-order valence-electron chi connectivity index (χ3n) is 3.71. The van der Waals surface area contributed by atoms with Gasteiger partial charge in [-0.15, -0.1) is 0 Å². The molecule has 0 saturated carbocycles. The van der Waals surface area contributed by atoms with Crippen molar-refractivity contribution in [2.24, 2.45) is 0 Å². The van der Waals surface area contributed by atoms with Gasteiger partial charge in [0.1, 0.15) is 5.75 Å². The number of rotatable bonds is 6. The quantitative estimate of drug-likeness (QED) is 0.713. The summed E-state index contributed by atoms with van der Waals surface area (Å²) < 4.78 is 10.2. The Bertz CT molecular complexity index is 904. The summed E-state index contributed by atoms with van der Waals surface area (Å²) >= 11 is 0. The van der Waals surface area contributed by atoms with Crippen LogP contribution >= 0.6 is 0 Å². The molecule has 2 aromatic carbocycles. The van der Waals surface area contributed by atoms with Gasteiger partial charge in [-0.2, -0.15) is 0 Å². The summed E-state index contributed by atoms with van der Waals surface area (Å²) in [6, 6.07) is 17.4. The van der Waals surface area contributed by atoms with Crippen molar-refractivity contribution in [2.75, 3.05) is 12.4 Å². The van der Waals surface area contributed by atoms with E-state index in [9.17, 15) is 9.59 Å². The summed E-state index contributed by atoms with van der Waals surface area (Å²) in [5.74, 6) is 0.337. The van der Waals surface area contributed by atoms with Gasteiger partial charge in [0, 0.05) is 17.8 Å². The Balaban J connectivity index is 1.61. The minimum absolute atomic E-state index is 0.200. The van der Waals surface area contributed by atoms with E-state index < -0.39 is 0 Å². The lowest BCUT2D eigenvalue weighted by Gasteiger charge is -2.09. The van der Waals surface area contributed by atoms with E-state index in [2.05, 4.69) is 10.6 Å². The van der Waals surface area contributed by atoms with Crippen molar-refractivity contribution in [3.05, 3.63) is 83.8 Å². The number of carbonyl (C=O) groups is 2. The average Bonchev–Trinajstić information content (AvgIpc) is 3.21. The van der Waals surface area contributed by atoms with Crippen molar-refractivity contribution in [1.82, 2.24) is 5.32 Å². The molecule has 0 spiro atoms. The standard InChI is InChI=1S/C20H18N2O4/c1-25-17-8-3-6-15(12-17)19(23)21-13-14-5-2-7-16(11-14)22-20(24)18-9-4-10-26-18/h2-12H,13H2,1H3,(H,21,23)(H,22,24). The Labute approximate surface area is 150 Å². The Morgan fingerprint density at radius 3 is 2.62 bits per heavy atom. The predicted octanol–water partition coefficient (Wildman–Crippen LogP) is 3.47. The van der Waals surface area contributed by atoms with E-state index in [1.54, 1.807) is 55.6 Å². The number of carbonyl (C=O) groups excluding carboxylic acids is 2. The molecule has 0 saturated heterocycles. The first-order chi connectivity index (χ1) is 12.7. The molecule has 0 bridgehead atoms. The van der Waals surface area contributed by atoms with Gasteiger partial charge in [0.15, 0.2) is 5.76 Å². The SMILES string of the molecule is COc1cccc(C(=O)NCc2cccc(NC(=O)c3ccco3)c2)c1. The lowest BCUT2D eigenvalue weighted by molar-refractivity contribution is 0.0949. The molecule has 1 aromatic heterocycles. The summed E-state index contributed by atoms with van der Waals surface area (Å²) in [6.07, 6.45) is 1.44. The number of benzene rings is 2. The third-order valence-corrected chi connectivity index (χ3v) is 3.71. The number of hydrogen-bond acceptors (Lipinski definition) is 4. The fourth-order valence-corrected chi connectivity index (χ4v) is 2.41. The topological polar surface area (TPSA) is 80.6 Å². The minimum Gasteiger partial charge on any atom is -0.497 e. The summed E-state index contributed by atoms with van der Waals surface area (Å²) in [6.45, 7) is 0.334. The molecule has 6 heteroatoms. The molecule has 3 aromatic rings. The Hall–Kier alpha value is -3.54. The zero-order valence-electron chi connectivity index (χ0n) is 14.2. The van der Waals surface area contributed by atoms with Crippen molar-refractivity contribution in [1.29, 1.82) is 0 Å². The van der Waals surface area contributed by atoms with E-state index in [1.165, 1.54) is 6.26 Å². The van der Waals surface area contributed by atoms with Crippen molar-refractivity contribution < 1.29 is 18.7 Å². The summed E-state index contributed by atoms with van der Waals surface area (Å²) in [7, 11) is 1.56. The molecule has 2 amide bonds. The van der Waals surface area contributed by atoms with Crippen LogP contribution < -0.4 is 15.4 Å². The first-order valence-electron chi connectivity index (χ1n) is 8.02. The van der Waals surface area contributed by atoms with E-state index in [4.69, 9.17) is 9.15 Å². The van der Waals surface area contributed by atoms with Crippen LogP contribution in [0.25, 0.3) is 0 Å². The van der Waals surface area contributed by atoms with Crippen LogP contribution in [0.3, 0.4) is 0 Å². The summed E-state index contributed by atoms with van der Waals surface area (Å²) in [5.41, 5.74) is 2.00. The molecule has 0 fully saturated rings. The number of methoxy groups -OCH3 is 1. The number of ether oxygens (including phenoxy) is 1. The highest BCUT2D eigenvalue weighted by Crippen LogP contribution is 2.14. The van der Waals surface area contributed by atoms with Crippen LogP contribution in [0.2, 0.25) is 0 Å². The number of amides is 2. The monoisotopic (exact) mass is 350 g/mol. The van der Waals surface area contributed by atoms with Gasteiger partial charge in [-0.3, -0.25) is 9.59 Å². The number of hydrogen-bond donors (Lipinski definition) is 2. The second-order valence-electron chi connectivity index (χ2n) is 5.55. The van der Waals surface area contributed by atoms with Crippen molar-refractivity contribution in [2.45, 2.75) is 6.54 Å². The molecule has 0 aliphatic carbocycles. The third kappa shape index (κ3) is 4.30. The molecular weight excluding hydrogens is 332 g/mol. The molecular formula is C20H18N2O4. The average molecular weight is 350 g/mol. The van der Waals surface area contributed by atoms with Crippen molar-refractivity contribution >= 4 is 17.5 Å². The zero-order valence-corrected chi connectivity index (χ0v) is 14.2. The smallest absolute Gasteiger partial charge is 0.291 e. The maximum Gasteiger partial charge on any atom is 0.291 e. The van der Waals surface area contributed by atoms with E-state index in [0.717, 1.165) is 5.56 Å². The van der Waals surface area contributed by atoms with Crippen LogP contribution in [0.15, 0.2) is 71.3 Å². The molecule has 3 rings (SSSR count). The van der Waals surface area contributed by atoms with Gasteiger partial charge in [0.2, 0.25) is 0 Å². The fraction of sp³-hybridized carbons (Fsp3) is 0.100. The van der Waals surface area contributed by atoms with Crippen molar-refractivity contribution in [3.63, 3.8) is 0 Å². The van der Waals surface area contributed by atoms with Gasteiger partial charge in [0.05, 0.1) is 13.4 Å². The first-order valence-corrected chi connectivity index (χ1v) is 8.02. The second-order valence-corrected chi connectivity index (χ2v) is 5.55.